The van der Waals surface area contributed by atoms with Gasteiger partial charge in [0.25, 0.3) is 0 Å². The number of aryl methyl sites for hydroxylation is 1. The van der Waals surface area contributed by atoms with Crippen LogP contribution in [-0.2, 0) is 12.8 Å². The Morgan fingerprint density at radius 2 is 1.95 bits per heavy atom. The van der Waals surface area contributed by atoms with Gasteiger partial charge in [-0.2, -0.15) is 0 Å². The van der Waals surface area contributed by atoms with E-state index in [4.69, 9.17) is 10.5 Å². The lowest BCUT2D eigenvalue weighted by atomic mass is 9.96. The highest BCUT2D eigenvalue weighted by molar-refractivity contribution is 5.98. The molecule has 2 aromatic carbocycles. The number of nitrogens with two attached hydrogens (primary N) is 1. The average Bonchev–Trinajstić information content (AvgIpc) is 2.93. The molecular formula is C19H22N2O. The molecule has 0 aliphatic heterocycles. The first-order valence-electron chi connectivity index (χ1n) is 7.75. The third kappa shape index (κ3) is 2.48. The van der Waals surface area contributed by atoms with Crippen LogP contribution in [0.3, 0.4) is 0 Å². The molecule has 0 radical (unpaired) electrons. The maximum absolute atomic E-state index is 5.83. The Morgan fingerprint density at radius 3 is 2.68 bits per heavy atom. The molecule has 0 unspecified atom stereocenters. The molecule has 0 atom stereocenters. The van der Waals surface area contributed by atoms with Gasteiger partial charge >= 0.3 is 0 Å². The Labute approximate surface area is 131 Å². The monoisotopic (exact) mass is 294 g/mol. The largest absolute Gasteiger partial charge is 0.497 e. The molecule has 0 amide bonds. The molecule has 3 nitrogen and oxygen atoms in total. The number of rotatable bonds is 5. The fourth-order valence-corrected chi connectivity index (χ4v) is 3.12. The second kappa shape index (κ2) is 6.24. The third-order valence-corrected chi connectivity index (χ3v) is 4.14. The summed E-state index contributed by atoms with van der Waals surface area (Å²) in [4.78, 5) is 3.55. The summed E-state index contributed by atoms with van der Waals surface area (Å²) in [5.41, 5.74) is 12.1. The number of H-pyrrole nitrogens is 1. The van der Waals surface area contributed by atoms with E-state index in [2.05, 4.69) is 42.2 Å². The predicted octanol–water partition coefficient (Wildman–Crippen LogP) is 3.91. The number of hydrogen-bond donors (Lipinski definition) is 2. The van der Waals surface area contributed by atoms with Gasteiger partial charge in [-0.25, -0.2) is 0 Å². The van der Waals surface area contributed by atoms with Crippen LogP contribution >= 0.6 is 0 Å². The molecule has 22 heavy (non-hydrogen) atoms. The van der Waals surface area contributed by atoms with Gasteiger partial charge in [-0.3, -0.25) is 0 Å². The maximum atomic E-state index is 5.83. The quantitative estimate of drug-likeness (QED) is 0.749. The van der Waals surface area contributed by atoms with Crippen molar-refractivity contribution in [2.24, 2.45) is 5.73 Å². The fraction of sp³-hybridized carbons (Fsp3) is 0.263. The molecule has 3 N–H and O–H groups in total. The number of nitrogens with one attached hydrogen (secondary N) is 1. The van der Waals surface area contributed by atoms with Crippen molar-refractivity contribution in [2.45, 2.75) is 19.8 Å². The zero-order valence-corrected chi connectivity index (χ0v) is 13.1. The van der Waals surface area contributed by atoms with Crippen molar-refractivity contribution in [3.63, 3.8) is 0 Å². The van der Waals surface area contributed by atoms with Gasteiger partial charge in [-0.05, 0) is 54.3 Å². The molecule has 0 aliphatic rings. The van der Waals surface area contributed by atoms with Crippen LogP contribution in [0.5, 0.6) is 5.75 Å². The highest BCUT2D eigenvalue weighted by atomic mass is 16.5. The van der Waals surface area contributed by atoms with Crippen LogP contribution in [0.4, 0.5) is 0 Å². The summed E-state index contributed by atoms with van der Waals surface area (Å²) in [7, 11) is 1.70. The third-order valence-electron chi connectivity index (χ3n) is 4.14. The zero-order valence-electron chi connectivity index (χ0n) is 13.1. The standard InChI is InChI=1S/C19H22N2O/c1-3-17-16(10-11-20)19-15(8-5-9-18(19)21-17)13-6-4-7-14(12-13)22-2/h4-9,12,21H,3,10-11,20H2,1-2H3. The Kier molecular flexibility index (Phi) is 4.16. The van der Waals surface area contributed by atoms with Gasteiger partial charge < -0.3 is 15.5 Å². The molecule has 0 spiro atoms. The number of aromatic amines is 1. The summed E-state index contributed by atoms with van der Waals surface area (Å²) in [6, 6.07) is 14.6. The lowest BCUT2D eigenvalue weighted by Crippen LogP contribution is -2.04. The van der Waals surface area contributed by atoms with Gasteiger partial charge in [0.1, 0.15) is 5.75 Å². The average molecular weight is 294 g/mol. The SMILES string of the molecule is CCc1[nH]c2cccc(-c3cccc(OC)c3)c2c1CCN. The van der Waals surface area contributed by atoms with E-state index < -0.39 is 0 Å². The number of hydrogen-bond acceptors (Lipinski definition) is 2. The van der Waals surface area contributed by atoms with Crippen LogP contribution in [0.25, 0.3) is 22.0 Å². The first kappa shape index (κ1) is 14.7. The Bertz CT molecular complexity index is 789. The molecule has 1 heterocycles. The summed E-state index contributed by atoms with van der Waals surface area (Å²) >= 11 is 0. The molecule has 0 saturated heterocycles. The summed E-state index contributed by atoms with van der Waals surface area (Å²) < 4.78 is 5.36. The van der Waals surface area contributed by atoms with Crippen LogP contribution in [0.1, 0.15) is 18.2 Å². The van der Waals surface area contributed by atoms with Crippen molar-refractivity contribution in [1.29, 1.82) is 0 Å². The van der Waals surface area contributed by atoms with Gasteiger partial charge in [0.15, 0.2) is 0 Å². The van der Waals surface area contributed by atoms with E-state index in [0.29, 0.717) is 6.54 Å². The second-order valence-corrected chi connectivity index (χ2v) is 5.43. The van der Waals surface area contributed by atoms with E-state index in [9.17, 15) is 0 Å². The van der Waals surface area contributed by atoms with Crippen LogP contribution in [0.2, 0.25) is 0 Å². The van der Waals surface area contributed by atoms with Gasteiger partial charge in [0.05, 0.1) is 7.11 Å². The fourth-order valence-electron chi connectivity index (χ4n) is 3.12. The summed E-state index contributed by atoms with van der Waals surface area (Å²) in [6.07, 6.45) is 1.88. The van der Waals surface area contributed by atoms with E-state index in [1.165, 1.54) is 33.3 Å². The van der Waals surface area contributed by atoms with Crippen LogP contribution in [0, 0.1) is 0 Å². The molecule has 3 rings (SSSR count). The Morgan fingerprint density at radius 1 is 1.14 bits per heavy atom. The highest BCUT2D eigenvalue weighted by Crippen LogP contribution is 2.34. The number of fused-ring (bicyclic) bond motifs is 1. The molecule has 3 aromatic rings. The first-order chi connectivity index (χ1) is 10.8. The van der Waals surface area contributed by atoms with Crippen molar-refractivity contribution >= 4 is 10.9 Å². The van der Waals surface area contributed by atoms with Gasteiger partial charge in [0.2, 0.25) is 0 Å². The topological polar surface area (TPSA) is 51.0 Å². The van der Waals surface area contributed by atoms with E-state index in [1.54, 1.807) is 7.11 Å². The van der Waals surface area contributed by atoms with Gasteiger partial charge in [0, 0.05) is 16.6 Å². The summed E-state index contributed by atoms with van der Waals surface area (Å²) in [5.74, 6) is 0.876. The molecule has 0 bridgehead atoms. The predicted molar refractivity (Wildman–Crippen MR) is 92.4 cm³/mol. The molecule has 1 aromatic heterocycles. The van der Waals surface area contributed by atoms with E-state index in [0.717, 1.165) is 18.6 Å². The molecule has 0 aliphatic carbocycles. The summed E-state index contributed by atoms with van der Waals surface area (Å²) in [6.45, 7) is 2.84. The van der Waals surface area contributed by atoms with E-state index in [1.807, 2.05) is 12.1 Å². The molecular weight excluding hydrogens is 272 g/mol. The number of benzene rings is 2. The van der Waals surface area contributed by atoms with E-state index in [-0.39, 0.29) is 0 Å². The molecule has 0 saturated carbocycles. The van der Waals surface area contributed by atoms with Crippen molar-refractivity contribution in [3.05, 3.63) is 53.7 Å². The van der Waals surface area contributed by atoms with Crippen molar-refractivity contribution in [3.8, 4) is 16.9 Å². The van der Waals surface area contributed by atoms with Gasteiger partial charge in [-0.1, -0.05) is 31.2 Å². The number of methoxy groups -OCH3 is 1. The van der Waals surface area contributed by atoms with Crippen molar-refractivity contribution in [2.75, 3.05) is 13.7 Å². The number of ether oxygens (including phenoxy) is 1. The van der Waals surface area contributed by atoms with Crippen molar-refractivity contribution in [1.82, 2.24) is 4.98 Å². The molecule has 3 heteroatoms. The highest BCUT2D eigenvalue weighted by Gasteiger charge is 2.14. The van der Waals surface area contributed by atoms with Crippen molar-refractivity contribution < 1.29 is 4.74 Å². The van der Waals surface area contributed by atoms with Gasteiger partial charge in [-0.15, -0.1) is 0 Å². The normalized spacial score (nSPS) is 11.0. The van der Waals surface area contributed by atoms with E-state index >= 15 is 0 Å². The lowest BCUT2D eigenvalue weighted by molar-refractivity contribution is 0.415. The second-order valence-electron chi connectivity index (χ2n) is 5.43. The summed E-state index contributed by atoms with van der Waals surface area (Å²) in [5, 5.41) is 1.29. The Hall–Kier alpha value is -2.26. The zero-order chi connectivity index (χ0) is 15.5. The molecule has 0 fully saturated rings. The van der Waals surface area contributed by atoms with Crippen LogP contribution < -0.4 is 10.5 Å². The Balaban J connectivity index is 2.26. The first-order valence-corrected chi connectivity index (χ1v) is 7.75. The lowest BCUT2D eigenvalue weighted by Gasteiger charge is -2.09. The minimum atomic E-state index is 0.659. The van der Waals surface area contributed by atoms with Crippen LogP contribution in [0.15, 0.2) is 42.5 Å². The number of aromatic nitrogens is 1. The van der Waals surface area contributed by atoms with Crippen LogP contribution in [-0.4, -0.2) is 18.6 Å². The maximum Gasteiger partial charge on any atom is 0.119 e. The molecule has 114 valence electrons. The smallest absolute Gasteiger partial charge is 0.119 e. The minimum absolute atomic E-state index is 0.659. The minimum Gasteiger partial charge on any atom is -0.497 e.